The lowest BCUT2D eigenvalue weighted by molar-refractivity contribution is -0.169. The highest BCUT2D eigenvalue weighted by Crippen LogP contribution is 2.36. The molecule has 0 amide bonds. The fraction of sp³-hybridized carbons (Fsp3) is 0.800. The van der Waals surface area contributed by atoms with Gasteiger partial charge in [0.05, 0.1) is 6.04 Å². The Morgan fingerprint density at radius 3 is 1.95 bits per heavy atom. The van der Waals surface area contributed by atoms with Gasteiger partial charge in [-0.2, -0.15) is 0 Å². The van der Waals surface area contributed by atoms with Crippen molar-refractivity contribution in [2.45, 2.75) is 70.9 Å². The van der Waals surface area contributed by atoms with Crippen molar-refractivity contribution in [3.05, 3.63) is 0 Å². The van der Waals surface area contributed by atoms with Crippen LogP contribution < -0.4 is 0 Å². The molecule has 0 aromatic rings. The minimum absolute atomic E-state index is 0.246. The number of fused-ring (bicyclic) bond motifs is 1. The lowest BCUT2D eigenvalue weighted by atomic mass is 9.92. The molecule has 22 heavy (non-hydrogen) atoms. The van der Waals surface area contributed by atoms with Gasteiger partial charge in [-0.15, -0.1) is 0 Å². The molecule has 7 nitrogen and oxygen atoms in total. The van der Waals surface area contributed by atoms with Crippen molar-refractivity contribution in [1.82, 2.24) is 4.90 Å². The predicted octanol–water partition coefficient (Wildman–Crippen LogP) is 0.648. The van der Waals surface area contributed by atoms with Gasteiger partial charge in [-0.3, -0.25) is 19.3 Å². The molecule has 2 heterocycles. The van der Waals surface area contributed by atoms with Crippen LogP contribution in [0.15, 0.2) is 0 Å². The Hall–Kier alpha value is -1.63. The molecule has 124 valence electrons. The lowest BCUT2D eigenvalue weighted by Gasteiger charge is -2.41. The van der Waals surface area contributed by atoms with E-state index in [9.17, 15) is 14.4 Å². The molecule has 0 bridgehead atoms. The number of nitrogens with zero attached hydrogens (tertiary/aromatic N) is 1. The monoisotopic (exact) mass is 313 g/mol. The van der Waals surface area contributed by atoms with Gasteiger partial charge in [-0.05, 0) is 19.8 Å². The first kappa shape index (κ1) is 16.7. The van der Waals surface area contributed by atoms with Crippen molar-refractivity contribution in [3.63, 3.8) is 0 Å². The molecular formula is C15H23NO6. The third kappa shape index (κ3) is 3.58. The van der Waals surface area contributed by atoms with Gasteiger partial charge < -0.3 is 14.2 Å². The summed E-state index contributed by atoms with van der Waals surface area (Å²) in [5.74, 6) is -1.22. The SMILES string of the molecule is CC(=O)O[C@@H]1[C@@H]2[C@@H](OC(C)=O)CC[C@@H](C)N2C[C@@H]1OC(C)=O. The molecule has 2 aliphatic heterocycles. The molecule has 2 fully saturated rings. The predicted molar refractivity (Wildman–Crippen MR) is 75.9 cm³/mol. The highest BCUT2D eigenvalue weighted by Gasteiger charge is 2.53. The van der Waals surface area contributed by atoms with E-state index in [1.807, 2.05) is 0 Å². The first-order valence-electron chi connectivity index (χ1n) is 7.57. The minimum Gasteiger partial charge on any atom is -0.461 e. The van der Waals surface area contributed by atoms with Crippen LogP contribution in [0.1, 0.15) is 40.5 Å². The lowest BCUT2D eigenvalue weighted by Crippen LogP contribution is -2.54. The van der Waals surface area contributed by atoms with E-state index in [1.54, 1.807) is 0 Å². The van der Waals surface area contributed by atoms with E-state index in [4.69, 9.17) is 14.2 Å². The third-order valence-electron chi connectivity index (χ3n) is 4.23. The van der Waals surface area contributed by atoms with Crippen LogP contribution in [0.5, 0.6) is 0 Å². The third-order valence-corrected chi connectivity index (χ3v) is 4.23. The standard InChI is InChI=1S/C15H23NO6/c1-8-5-6-12(20-9(2)17)14-15(22-11(4)19)13(7-16(8)14)21-10(3)18/h8,12-15H,5-7H2,1-4H3/t8-,12+,13+,14+,15+/m1/s1. The highest BCUT2D eigenvalue weighted by atomic mass is 16.6. The Kier molecular flexibility index (Phi) is 5.05. The minimum atomic E-state index is -0.617. The van der Waals surface area contributed by atoms with Crippen molar-refractivity contribution >= 4 is 17.9 Å². The van der Waals surface area contributed by atoms with Gasteiger partial charge in [-0.25, -0.2) is 0 Å². The van der Waals surface area contributed by atoms with E-state index in [2.05, 4.69) is 11.8 Å². The smallest absolute Gasteiger partial charge is 0.303 e. The maximum atomic E-state index is 11.4. The summed E-state index contributed by atoms with van der Waals surface area (Å²) in [4.78, 5) is 36.2. The summed E-state index contributed by atoms with van der Waals surface area (Å²) in [6.45, 7) is 6.55. The van der Waals surface area contributed by atoms with Crippen LogP contribution in [-0.2, 0) is 28.6 Å². The molecule has 0 radical (unpaired) electrons. The van der Waals surface area contributed by atoms with Crippen LogP contribution >= 0.6 is 0 Å². The summed E-state index contributed by atoms with van der Waals surface area (Å²) < 4.78 is 16.1. The first-order chi connectivity index (χ1) is 10.3. The number of ether oxygens (including phenoxy) is 3. The topological polar surface area (TPSA) is 82.1 Å². The van der Waals surface area contributed by atoms with Crippen molar-refractivity contribution in [2.75, 3.05) is 6.54 Å². The molecule has 0 spiro atoms. The Labute approximate surface area is 129 Å². The van der Waals surface area contributed by atoms with Gasteiger partial charge in [0.15, 0.2) is 12.2 Å². The molecule has 0 saturated carbocycles. The maximum Gasteiger partial charge on any atom is 0.303 e. The largest absolute Gasteiger partial charge is 0.461 e. The summed E-state index contributed by atoms with van der Waals surface area (Å²) in [6.07, 6.45) is 0.0534. The van der Waals surface area contributed by atoms with E-state index in [-0.39, 0.29) is 24.2 Å². The average Bonchev–Trinajstić information content (AvgIpc) is 2.71. The normalized spacial score (nSPS) is 34.6. The fourth-order valence-electron chi connectivity index (χ4n) is 3.48. The Morgan fingerprint density at radius 2 is 1.41 bits per heavy atom. The Balaban J connectivity index is 2.26. The Bertz CT molecular complexity index is 465. The molecule has 0 aromatic heterocycles. The fourth-order valence-corrected chi connectivity index (χ4v) is 3.48. The highest BCUT2D eigenvalue weighted by molar-refractivity contribution is 5.68. The van der Waals surface area contributed by atoms with Crippen molar-refractivity contribution in [2.24, 2.45) is 0 Å². The van der Waals surface area contributed by atoms with Crippen LogP contribution in [0.3, 0.4) is 0 Å². The number of carbonyl (C=O) groups is 3. The Morgan fingerprint density at radius 1 is 0.864 bits per heavy atom. The van der Waals surface area contributed by atoms with E-state index in [0.29, 0.717) is 13.0 Å². The van der Waals surface area contributed by atoms with Gasteiger partial charge >= 0.3 is 17.9 Å². The maximum absolute atomic E-state index is 11.4. The van der Waals surface area contributed by atoms with Gasteiger partial charge in [0.25, 0.3) is 0 Å². The summed E-state index contributed by atoms with van der Waals surface area (Å²) in [7, 11) is 0. The molecule has 0 aliphatic carbocycles. The van der Waals surface area contributed by atoms with Crippen LogP contribution in [0.4, 0.5) is 0 Å². The quantitative estimate of drug-likeness (QED) is 0.559. The van der Waals surface area contributed by atoms with Crippen LogP contribution in [0.2, 0.25) is 0 Å². The second-order valence-electron chi connectivity index (χ2n) is 5.98. The molecule has 0 unspecified atom stereocenters. The molecule has 2 saturated heterocycles. The number of hydrogen-bond donors (Lipinski definition) is 0. The van der Waals surface area contributed by atoms with E-state index in [1.165, 1.54) is 20.8 Å². The van der Waals surface area contributed by atoms with E-state index >= 15 is 0 Å². The van der Waals surface area contributed by atoms with Crippen molar-refractivity contribution < 1.29 is 28.6 Å². The number of rotatable bonds is 3. The number of carbonyl (C=O) groups excluding carboxylic acids is 3. The zero-order valence-corrected chi connectivity index (χ0v) is 13.4. The number of esters is 3. The zero-order chi connectivity index (χ0) is 16.4. The summed E-state index contributed by atoms with van der Waals surface area (Å²) in [5, 5.41) is 0. The molecule has 2 rings (SSSR count). The van der Waals surface area contributed by atoms with Gasteiger partial charge in [0.2, 0.25) is 0 Å². The van der Waals surface area contributed by atoms with Gasteiger partial charge in [-0.1, -0.05) is 0 Å². The molecule has 5 atom stereocenters. The van der Waals surface area contributed by atoms with Gasteiger partial charge in [0.1, 0.15) is 6.10 Å². The summed E-state index contributed by atoms with van der Waals surface area (Å²) in [5.41, 5.74) is 0. The van der Waals surface area contributed by atoms with E-state index < -0.39 is 24.1 Å². The molecule has 0 N–H and O–H groups in total. The summed E-state index contributed by atoms with van der Waals surface area (Å²) in [6, 6.07) is -0.0312. The zero-order valence-electron chi connectivity index (χ0n) is 13.4. The van der Waals surface area contributed by atoms with Crippen molar-refractivity contribution in [1.29, 1.82) is 0 Å². The average molecular weight is 313 g/mol. The van der Waals surface area contributed by atoms with Crippen molar-refractivity contribution in [3.8, 4) is 0 Å². The van der Waals surface area contributed by atoms with E-state index in [0.717, 1.165) is 6.42 Å². The second-order valence-corrected chi connectivity index (χ2v) is 5.98. The molecule has 7 heteroatoms. The number of piperidine rings is 1. The first-order valence-corrected chi connectivity index (χ1v) is 7.57. The second kappa shape index (κ2) is 6.64. The number of hydrogen-bond acceptors (Lipinski definition) is 7. The molecule has 2 aliphatic rings. The molecular weight excluding hydrogens is 290 g/mol. The van der Waals surface area contributed by atoms with Crippen LogP contribution in [0.25, 0.3) is 0 Å². The van der Waals surface area contributed by atoms with Crippen LogP contribution in [0, 0.1) is 0 Å². The van der Waals surface area contributed by atoms with Gasteiger partial charge in [0, 0.05) is 33.4 Å². The summed E-state index contributed by atoms with van der Waals surface area (Å²) >= 11 is 0. The van der Waals surface area contributed by atoms with Crippen LogP contribution in [-0.4, -0.2) is 59.7 Å². The molecule has 0 aromatic carbocycles.